The number of benzene rings is 2. The predicted molar refractivity (Wildman–Crippen MR) is 125 cm³/mol. The van der Waals surface area contributed by atoms with Crippen molar-refractivity contribution in [3.05, 3.63) is 82.7 Å². The normalized spacial score (nSPS) is 11.3. The number of halogens is 2. The topological polar surface area (TPSA) is 79.6 Å². The predicted octanol–water partition coefficient (Wildman–Crippen LogP) is 4.83. The molecule has 31 heavy (non-hydrogen) atoms. The molecule has 0 spiro atoms. The lowest BCUT2D eigenvalue weighted by Crippen LogP contribution is -2.41. The maximum Gasteiger partial charge on any atom is 0.264 e. The third-order valence-electron chi connectivity index (χ3n) is 4.15. The standard InChI is InChI=1S/C21H20Cl2N2O4S2/c22-16-11-17(23)13-18(12-16)25(31(27,28)20-6-2-1-3-7-20)14-21(26)24-8-10-30-15-19-5-4-9-29-19/h1-7,9,11-13H,8,10,14-15H2,(H,24,26). The fraction of sp³-hybridized carbons (Fsp3) is 0.190. The highest BCUT2D eigenvalue weighted by molar-refractivity contribution is 7.98. The summed E-state index contributed by atoms with van der Waals surface area (Å²) >= 11 is 13.7. The van der Waals surface area contributed by atoms with Crippen LogP contribution in [0.3, 0.4) is 0 Å². The summed E-state index contributed by atoms with van der Waals surface area (Å²) in [4.78, 5) is 12.6. The zero-order chi connectivity index (χ0) is 22.3. The monoisotopic (exact) mass is 498 g/mol. The van der Waals surface area contributed by atoms with Gasteiger partial charge in [0.15, 0.2) is 0 Å². The Bertz CT molecular complexity index is 1090. The lowest BCUT2D eigenvalue weighted by molar-refractivity contribution is -0.119. The minimum absolute atomic E-state index is 0.0629. The van der Waals surface area contributed by atoms with Crippen LogP contribution in [-0.2, 0) is 20.6 Å². The molecule has 3 aromatic rings. The summed E-state index contributed by atoms with van der Waals surface area (Å²) in [6.07, 6.45) is 1.61. The number of sulfonamides is 1. The van der Waals surface area contributed by atoms with Crippen LogP contribution in [0, 0.1) is 0 Å². The van der Waals surface area contributed by atoms with Crippen LogP contribution < -0.4 is 9.62 Å². The van der Waals surface area contributed by atoms with E-state index < -0.39 is 22.5 Å². The average Bonchev–Trinajstić information content (AvgIpc) is 3.25. The van der Waals surface area contributed by atoms with Gasteiger partial charge < -0.3 is 9.73 Å². The second kappa shape index (κ2) is 10.9. The fourth-order valence-corrected chi connectivity index (χ4v) is 5.43. The fourth-order valence-electron chi connectivity index (χ4n) is 2.73. The van der Waals surface area contributed by atoms with Crippen molar-refractivity contribution in [2.75, 3.05) is 23.1 Å². The molecular weight excluding hydrogens is 479 g/mol. The van der Waals surface area contributed by atoms with Gasteiger partial charge in [-0.2, -0.15) is 11.8 Å². The molecule has 0 saturated carbocycles. The van der Waals surface area contributed by atoms with Gasteiger partial charge in [0, 0.05) is 22.3 Å². The largest absolute Gasteiger partial charge is 0.468 e. The number of thioether (sulfide) groups is 1. The van der Waals surface area contributed by atoms with Crippen LogP contribution in [0.1, 0.15) is 5.76 Å². The molecule has 0 aliphatic heterocycles. The number of rotatable bonds is 10. The number of amides is 1. The molecule has 0 fully saturated rings. The van der Waals surface area contributed by atoms with Crippen molar-refractivity contribution in [1.82, 2.24) is 5.32 Å². The van der Waals surface area contributed by atoms with Crippen molar-refractivity contribution < 1.29 is 17.6 Å². The van der Waals surface area contributed by atoms with Crippen molar-refractivity contribution in [1.29, 1.82) is 0 Å². The molecule has 1 heterocycles. The van der Waals surface area contributed by atoms with Crippen LogP contribution in [0.4, 0.5) is 5.69 Å². The van der Waals surface area contributed by atoms with E-state index in [-0.39, 0.29) is 20.6 Å². The molecule has 10 heteroatoms. The second-order valence-electron chi connectivity index (χ2n) is 6.43. The number of carbonyl (C=O) groups is 1. The van der Waals surface area contributed by atoms with Gasteiger partial charge in [0.25, 0.3) is 10.0 Å². The Hall–Kier alpha value is -2.13. The maximum absolute atomic E-state index is 13.2. The van der Waals surface area contributed by atoms with Crippen LogP contribution in [-0.4, -0.2) is 33.2 Å². The summed E-state index contributed by atoms with van der Waals surface area (Å²) in [5.41, 5.74) is 0.212. The Kier molecular flexibility index (Phi) is 8.31. The third-order valence-corrected chi connectivity index (χ3v) is 7.35. The first kappa shape index (κ1) is 23.5. The molecule has 2 aromatic carbocycles. The maximum atomic E-state index is 13.2. The summed E-state index contributed by atoms with van der Waals surface area (Å²) in [6, 6.07) is 16.0. The summed E-state index contributed by atoms with van der Waals surface area (Å²) in [5, 5.41) is 3.29. The smallest absolute Gasteiger partial charge is 0.264 e. The molecule has 0 aliphatic carbocycles. The molecule has 1 aromatic heterocycles. The van der Waals surface area contributed by atoms with E-state index in [1.807, 2.05) is 12.1 Å². The molecule has 1 amide bonds. The molecule has 0 bridgehead atoms. The van der Waals surface area contributed by atoms with Crippen molar-refractivity contribution in [2.24, 2.45) is 0 Å². The Morgan fingerprint density at radius 3 is 2.39 bits per heavy atom. The average molecular weight is 499 g/mol. The van der Waals surface area contributed by atoms with Crippen LogP contribution in [0.25, 0.3) is 0 Å². The summed E-state index contributed by atoms with van der Waals surface area (Å²) < 4.78 is 32.8. The molecule has 164 valence electrons. The number of hydrogen-bond acceptors (Lipinski definition) is 5. The number of carbonyl (C=O) groups excluding carboxylic acids is 1. The zero-order valence-electron chi connectivity index (χ0n) is 16.3. The molecule has 1 N–H and O–H groups in total. The van der Waals surface area contributed by atoms with Gasteiger partial charge in [-0.25, -0.2) is 8.42 Å². The second-order valence-corrected chi connectivity index (χ2v) is 10.3. The van der Waals surface area contributed by atoms with Gasteiger partial charge in [-0.3, -0.25) is 9.10 Å². The molecular formula is C21H20Cl2N2O4S2. The number of furan rings is 1. The van der Waals surface area contributed by atoms with E-state index in [1.165, 1.54) is 30.3 Å². The molecule has 0 saturated heterocycles. The van der Waals surface area contributed by atoms with Crippen LogP contribution in [0.15, 0.2) is 76.2 Å². The Morgan fingerprint density at radius 1 is 1.03 bits per heavy atom. The Labute approximate surface area is 195 Å². The van der Waals surface area contributed by atoms with Gasteiger partial charge >= 0.3 is 0 Å². The van der Waals surface area contributed by atoms with Gasteiger partial charge in [-0.15, -0.1) is 0 Å². The zero-order valence-corrected chi connectivity index (χ0v) is 19.5. The molecule has 0 aliphatic rings. The lowest BCUT2D eigenvalue weighted by atomic mass is 10.3. The van der Waals surface area contributed by atoms with E-state index in [9.17, 15) is 13.2 Å². The SMILES string of the molecule is O=C(CN(c1cc(Cl)cc(Cl)c1)S(=O)(=O)c1ccccc1)NCCSCc1ccco1. The van der Waals surface area contributed by atoms with E-state index in [0.29, 0.717) is 18.1 Å². The van der Waals surface area contributed by atoms with Gasteiger partial charge in [0.2, 0.25) is 5.91 Å². The molecule has 3 rings (SSSR count). The van der Waals surface area contributed by atoms with E-state index in [4.69, 9.17) is 27.6 Å². The molecule has 0 unspecified atom stereocenters. The minimum atomic E-state index is -4.01. The first-order chi connectivity index (χ1) is 14.9. The highest BCUT2D eigenvalue weighted by Gasteiger charge is 2.27. The Balaban J connectivity index is 1.70. The van der Waals surface area contributed by atoms with Crippen molar-refractivity contribution >= 4 is 56.6 Å². The van der Waals surface area contributed by atoms with E-state index in [0.717, 1.165) is 10.1 Å². The molecule has 0 radical (unpaired) electrons. The van der Waals surface area contributed by atoms with E-state index in [1.54, 1.807) is 36.2 Å². The van der Waals surface area contributed by atoms with E-state index >= 15 is 0 Å². The highest BCUT2D eigenvalue weighted by Crippen LogP contribution is 2.29. The summed E-state index contributed by atoms with van der Waals surface area (Å²) in [5.74, 6) is 1.77. The van der Waals surface area contributed by atoms with Gasteiger partial charge in [0.1, 0.15) is 12.3 Å². The van der Waals surface area contributed by atoms with Gasteiger partial charge in [-0.1, -0.05) is 41.4 Å². The van der Waals surface area contributed by atoms with Crippen molar-refractivity contribution in [3.63, 3.8) is 0 Å². The van der Waals surface area contributed by atoms with Crippen LogP contribution in [0.2, 0.25) is 10.0 Å². The molecule has 6 nitrogen and oxygen atoms in total. The first-order valence-electron chi connectivity index (χ1n) is 9.27. The Morgan fingerprint density at radius 2 is 1.74 bits per heavy atom. The van der Waals surface area contributed by atoms with Crippen molar-refractivity contribution in [3.8, 4) is 0 Å². The van der Waals surface area contributed by atoms with Crippen LogP contribution in [0.5, 0.6) is 0 Å². The molecule has 0 atom stereocenters. The lowest BCUT2D eigenvalue weighted by Gasteiger charge is -2.24. The number of nitrogens with one attached hydrogen (secondary N) is 1. The first-order valence-corrected chi connectivity index (χ1v) is 12.6. The van der Waals surface area contributed by atoms with Crippen molar-refractivity contribution in [2.45, 2.75) is 10.6 Å². The van der Waals surface area contributed by atoms with E-state index in [2.05, 4.69) is 5.32 Å². The van der Waals surface area contributed by atoms with Crippen LogP contribution >= 0.6 is 35.0 Å². The van der Waals surface area contributed by atoms with Gasteiger partial charge in [0.05, 0.1) is 22.6 Å². The highest BCUT2D eigenvalue weighted by atomic mass is 35.5. The third kappa shape index (κ3) is 6.67. The number of nitrogens with zero attached hydrogens (tertiary/aromatic N) is 1. The summed E-state index contributed by atoms with van der Waals surface area (Å²) in [7, 11) is -4.01. The number of anilines is 1. The summed E-state index contributed by atoms with van der Waals surface area (Å²) in [6.45, 7) is -0.0174. The minimum Gasteiger partial charge on any atom is -0.468 e. The van der Waals surface area contributed by atoms with Gasteiger partial charge in [-0.05, 0) is 42.5 Å². The number of hydrogen-bond donors (Lipinski definition) is 1. The quantitative estimate of drug-likeness (QED) is 0.404.